The standard InChI is InChI=1S/C37H36F2N4O5S.C24H38O4S/c1-37(2)14-4-7-33(24-6-3-5-23(17-24)8-11-34(44)45)43-35(25(20-40)21-42-43)29-18-26(9-10-30(29)38)48-36-28(13-16-49(46,47)22-37)27-12-15-41-32(27)19-31(36)39;1-4-26-22(25)14-13-19-9-7-10-20(17-19)21(11-8-15-24(2,3)18-29)28-23-12-5-6-16-27-23/h3,5-6,9-10,12,15,17-19,21,33,41H,4,7-8,11,13-14,16,22H2,1-2H3,(H,44,45);7,9-10,17,21,23,29H,4-6,8,11-16,18H2,1-3H3. The van der Waals surface area contributed by atoms with Crippen molar-refractivity contribution in [3.8, 4) is 28.8 Å². The molecule has 3 atom stereocenters. The molecule has 1 saturated heterocycles. The second-order valence-corrected chi connectivity index (χ2v) is 24.6. The number of H-pyrrole nitrogens is 1. The molecule has 17 heteroatoms. The van der Waals surface area contributed by atoms with E-state index in [4.69, 9.17) is 18.9 Å². The molecular formula is C61H74F2N4O9S2. The van der Waals surface area contributed by atoms with Crippen LogP contribution in [0.3, 0.4) is 0 Å². The van der Waals surface area contributed by atoms with Crippen LogP contribution in [0.15, 0.2) is 91.3 Å². The van der Waals surface area contributed by atoms with E-state index in [1.807, 2.05) is 45.0 Å². The van der Waals surface area contributed by atoms with Crippen molar-refractivity contribution in [2.24, 2.45) is 10.8 Å². The Hall–Kier alpha value is -6.06. The summed E-state index contributed by atoms with van der Waals surface area (Å²) in [6.45, 7) is 11.4. The maximum atomic E-state index is 15.8. The lowest BCUT2D eigenvalue weighted by atomic mass is 9.87. The van der Waals surface area contributed by atoms with Crippen molar-refractivity contribution in [1.82, 2.24) is 14.8 Å². The second kappa shape index (κ2) is 27.2. The van der Waals surface area contributed by atoms with Crippen molar-refractivity contribution in [3.05, 3.63) is 136 Å². The number of hydrogen-bond donors (Lipinski definition) is 3. The van der Waals surface area contributed by atoms with Crippen LogP contribution in [0.1, 0.15) is 151 Å². The lowest BCUT2D eigenvalue weighted by Gasteiger charge is -2.29. The molecule has 2 aromatic heterocycles. The Kier molecular flexibility index (Phi) is 20.8. The molecule has 1 fully saturated rings. The summed E-state index contributed by atoms with van der Waals surface area (Å²) in [5, 5.41) is 24.6. The number of hydrogen-bond acceptors (Lipinski definition) is 11. The van der Waals surface area contributed by atoms with Crippen molar-refractivity contribution in [3.63, 3.8) is 0 Å². The highest BCUT2D eigenvalue weighted by Gasteiger charge is 2.31. The maximum absolute atomic E-state index is 15.8. The van der Waals surface area contributed by atoms with Gasteiger partial charge in [-0.1, -0.05) is 82.6 Å². The first kappa shape index (κ1) is 59.6. The predicted molar refractivity (Wildman–Crippen MR) is 301 cm³/mol. The van der Waals surface area contributed by atoms with E-state index in [1.165, 1.54) is 36.0 Å². The summed E-state index contributed by atoms with van der Waals surface area (Å²) in [6, 6.07) is 24.4. The quantitative estimate of drug-likeness (QED) is 0.0619. The molecule has 8 rings (SSSR count). The van der Waals surface area contributed by atoms with Crippen molar-refractivity contribution >= 4 is 45.3 Å². The van der Waals surface area contributed by atoms with Crippen LogP contribution < -0.4 is 4.74 Å². The van der Waals surface area contributed by atoms with E-state index in [0.717, 1.165) is 67.6 Å². The minimum Gasteiger partial charge on any atom is -0.481 e. The topological polar surface area (TPSA) is 183 Å². The molecule has 2 bridgehead atoms. The first-order valence-corrected chi connectivity index (χ1v) is 29.6. The third kappa shape index (κ3) is 16.5. The van der Waals surface area contributed by atoms with E-state index in [-0.39, 0.29) is 76.4 Å². The number of nitrogens with zero attached hydrogens (tertiary/aromatic N) is 3. The molecule has 0 spiro atoms. The highest BCUT2D eigenvalue weighted by molar-refractivity contribution is 7.91. The number of aliphatic carboxylic acids is 1. The largest absolute Gasteiger partial charge is 0.481 e. The second-order valence-electron chi connectivity index (χ2n) is 22.1. The van der Waals surface area contributed by atoms with Gasteiger partial charge in [0.2, 0.25) is 0 Å². The number of carbonyl (C=O) groups is 2. The highest BCUT2D eigenvalue weighted by Crippen LogP contribution is 2.41. The lowest BCUT2D eigenvalue weighted by Crippen LogP contribution is -2.27. The molecule has 2 aliphatic rings. The summed E-state index contributed by atoms with van der Waals surface area (Å²) in [5.74, 6) is -1.93. The SMILES string of the molecule is CC1(C)CCCC(c2cccc(CCC(=O)O)c2)n2ncc(C#N)c2-c2cc(ccc2F)Oc2c(F)cc3[nH]ccc3c2CCS(=O)(=O)C1.CCOC(=O)CCc1cccc(C(CCCC(C)(C)CS)OC2CCCCO2)c1. The number of carboxylic acids is 1. The van der Waals surface area contributed by atoms with E-state index in [0.29, 0.717) is 61.6 Å². The summed E-state index contributed by atoms with van der Waals surface area (Å²) in [6.07, 6.45) is 12.2. The number of benzene rings is 4. The fourth-order valence-electron chi connectivity index (χ4n) is 10.4. The zero-order chi connectivity index (χ0) is 56.0. The van der Waals surface area contributed by atoms with Crippen LogP contribution in [-0.2, 0) is 52.9 Å². The number of fused-ring (bicyclic) bond motifs is 7. The highest BCUT2D eigenvalue weighted by atomic mass is 32.2. The van der Waals surface area contributed by atoms with Gasteiger partial charge in [-0.15, -0.1) is 0 Å². The Bertz CT molecular complexity index is 3160. The monoisotopic (exact) mass is 1110 g/mol. The summed E-state index contributed by atoms with van der Waals surface area (Å²) in [4.78, 5) is 26.0. The summed E-state index contributed by atoms with van der Waals surface area (Å²) >= 11 is 4.48. The molecule has 6 aromatic rings. The van der Waals surface area contributed by atoms with Crippen LogP contribution >= 0.6 is 12.6 Å². The number of nitrogens with one attached hydrogen (secondary N) is 1. The van der Waals surface area contributed by atoms with Gasteiger partial charge in [0, 0.05) is 53.7 Å². The first-order chi connectivity index (χ1) is 37.3. The number of aromatic nitrogens is 3. The number of carbonyl (C=O) groups excluding carboxylic acids is 1. The molecule has 13 nitrogen and oxygen atoms in total. The lowest BCUT2D eigenvalue weighted by molar-refractivity contribution is -0.191. The number of sulfone groups is 1. The molecule has 418 valence electrons. The average molecular weight is 1110 g/mol. The number of halogens is 2. The third-order valence-corrected chi connectivity index (χ3v) is 17.4. The van der Waals surface area contributed by atoms with Gasteiger partial charge in [0.25, 0.3) is 0 Å². The number of carboxylic acid groups (broad SMARTS) is 1. The maximum Gasteiger partial charge on any atom is 0.306 e. The first-order valence-electron chi connectivity index (χ1n) is 27.1. The van der Waals surface area contributed by atoms with E-state index in [2.05, 4.69) is 66.9 Å². The zero-order valence-corrected chi connectivity index (χ0v) is 47.2. The molecule has 0 saturated carbocycles. The van der Waals surface area contributed by atoms with E-state index in [9.17, 15) is 28.4 Å². The van der Waals surface area contributed by atoms with Gasteiger partial charge in [0.05, 0.1) is 47.7 Å². The van der Waals surface area contributed by atoms with Gasteiger partial charge in [0.1, 0.15) is 17.6 Å². The van der Waals surface area contributed by atoms with Crippen LogP contribution in [0, 0.1) is 33.8 Å². The smallest absolute Gasteiger partial charge is 0.306 e. The number of thiol groups is 1. The van der Waals surface area contributed by atoms with E-state index < -0.39 is 38.9 Å². The summed E-state index contributed by atoms with van der Waals surface area (Å²) < 4.78 is 83.6. The van der Waals surface area contributed by atoms with Gasteiger partial charge in [0.15, 0.2) is 27.7 Å². The predicted octanol–water partition coefficient (Wildman–Crippen LogP) is 13.6. The Morgan fingerprint density at radius 2 is 1.77 bits per heavy atom. The minimum absolute atomic E-state index is 0.000441. The Labute approximate surface area is 463 Å². The van der Waals surface area contributed by atoms with Gasteiger partial charge in [-0.3, -0.25) is 14.3 Å². The van der Waals surface area contributed by atoms with Gasteiger partial charge in [-0.05, 0) is 141 Å². The molecule has 4 aromatic carbocycles. The molecule has 0 amide bonds. The van der Waals surface area contributed by atoms with E-state index >= 15 is 8.78 Å². The fraction of sp³-hybridized carbons (Fsp3) is 0.475. The van der Waals surface area contributed by atoms with Crippen LogP contribution in [0.5, 0.6) is 11.5 Å². The Balaban J connectivity index is 0.000000260. The molecule has 3 unspecified atom stereocenters. The van der Waals surface area contributed by atoms with Crippen molar-refractivity contribution in [2.75, 3.05) is 30.5 Å². The van der Waals surface area contributed by atoms with Crippen molar-refractivity contribution in [1.29, 1.82) is 5.26 Å². The number of ether oxygens (including phenoxy) is 4. The Morgan fingerprint density at radius 1 is 1.00 bits per heavy atom. The summed E-state index contributed by atoms with van der Waals surface area (Å²) in [7, 11) is -3.60. The molecule has 4 heterocycles. The normalized spacial score (nSPS) is 17.9. The van der Waals surface area contributed by atoms with Crippen LogP contribution in [0.2, 0.25) is 0 Å². The number of aromatic amines is 1. The number of esters is 1. The molecule has 0 aliphatic carbocycles. The van der Waals surface area contributed by atoms with Crippen LogP contribution in [0.4, 0.5) is 8.78 Å². The van der Waals surface area contributed by atoms with Gasteiger partial charge in [-0.25, -0.2) is 17.2 Å². The molecule has 2 aliphatic heterocycles. The number of nitriles is 1. The van der Waals surface area contributed by atoms with Crippen molar-refractivity contribution < 1.29 is 50.8 Å². The fourth-order valence-corrected chi connectivity index (χ4v) is 12.5. The number of rotatable bonds is 16. The van der Waals surface area contributed by atoms with Gasteiger partial charge < -0.3 is 29.0 Å². The Morgan fingerprint density at radius 3 is 2.50 bits per heavy atom. The third-order valence-electron chi connectivity index (χ3n) is 14.5. The molecule has 0 radical (unpaired) electrons. The van der Waals surface area contributed by atoms with Crippen LogP contribution in [0.25, 0.3) is 22.2 Å². The van der Waals surface area contributed by atoms with Gasteiger partial charge >= 0.3 is 11.9 Å². The molecule has 2 N–H and O–H groups in total. The van der Waals surface area contributed by atoms with Crippen molar-refractivity contribution in [2.45, 2.75) is 143 Å². The average Bonchev–Trinajstić information content (AvgIpc) is 4.10. The molecule has 78 heavy (non-hydrogen) atoms. The van der Waals surface area contributed by atoms with Gasteiger partial charge in [-0.2, -0.15) is 23.0 Å². The summed E-state index contributed by atoms with van der Waals surface area (Å²) in [5.41, 5.74) is 4.71. The van der Waals surface area contributed by atoms with E-state index in [1.54, 1.807) is 16.9 Å². The molecular weight excluding hydrogens is 1030 g/mol. The minimum atomic E-state index is -3.60. The zero-order valence-electron chi connectivity index (χ0n) is 45.5. The number of aryl methyl sites for hydroxylation is 3. The van der Waals surface area contributed by atoms with Crippen LogP contribution in [-0.4, -0.2) is 77.0 Å².